The second kappa shape index (κ2) is 9.94. The van der Waals surface area contributed by atoms with Gasteiger partial charge in [-0.2, -0.15) is 0 Å². The van der Waals surface area contributed by atoms with Crippen LogP contribution >= 0.6 is 11.3 Å². The molecule has 7 heteroatoms. The molecule has 0 atom stereocenters. The average molecular weight is 452 g/mol. The molecule has 1 heterocycles. The molecule has 0 aliphatic rings. The van der Waals surface area contributed by atoms with Gasteiger partial charge in [0.2, 0.25) is 5.91 Å². The van der Waals surface area contributed by atoms with Crippen molar-refractivity contribution in [3.05, 3.63) is 71.1 Å². The number of carbonyl (C=O) groups excluding carboxylic acids is 2. The number of hydrogen-bond donors (Lipinski definition) is 3. The lowest BCUT2D eigenvalue weighted by Gasteiger charge is -2.15. The van der Waals surface area contributed by atoms with Crippen molar-refractivity contribution >= 4 is 42.6 Å². The lowest BCUT2D eigenvalue weighted by molar-refractivity contribution is -0.120. The SMILES string of the molecule is C[Si](C)(C)CCC(=O)NCc1ccc(C(=O)Nc2cc(-c3cccs3)ccc2N)cc1. The van der Waals surface area contributed by atoms with Gasteiger partial charge >= 0.3 is 0 Å². The number of rotatable bonds is 8. The molecular weight excluding hydrogens is 422 g/mol. The summed E-state index contributed by atoms with van der Waals surface area (Å²) in [6, 6.07) is 17.9. The smallest absolute Gasteiger partial charge is 0.255 e. The zero-order chi connectivity index (χ0) is 22.4. The van der Waals surface area contributed by atoms with Crippen LogP contribution in [0.5, 0.6) is 0 Å². The van der Waals surface area contributed by atoms with E-state index in [2.05, 4.69) is 30.3 Å². The first-order valence-electron chi connectivity index (χ1n) is 10.3. The van der Waals surface area contributed by atoms with E-state index in [1.807, 2.05) is 41.8 Å². The third kappa shape index (κ3) is 6.80. The molecule has 0 bridgehead atoms. The van der Waals surface area contributed by atoms with Crippen LogP contribution in [-0.4, -0.2) is 19.9 Å². The van der Waals surface area contributed by atoms with Crippen molar-refractivity contribution in [2.75, 3.05) is 11.1 Å². The summed E-state index contributed by atoms with van der Waals surface area (Å²) >= 11 is 1.64. The first kappa shape index (κ1) is 22.8. The van der Waals surface area contributed by atoms with Gasteiger partial charge in [-0.05, 0) is 52.9 Å². The molecule has 3 rings (SSSR count). The van der Waals surface area contributed by atoms with Gasteiger partial charge in [0.15, 0.2) is 0 Å². The summed E-state index contributed by atoms with van der Waals surface area (Å²) in [5.41, 5.74) is 9.68. The van der Waals surface area contributed by atoms with Crippen molar-refractivity contribution in [2.24, 2.45) is 0 Å². The summed E-state index contributed by atoms with van der Waals surface area (Å²) in [6.07, 6.45) is 0.572. The monoisotopic (exact) mass is 451 g/mol. The van der Waals surface area contributed by atoms with Crippen LogP contribution < -0.4 is 16.4 Å². The number of nitrogens with one attached hydrogen (secondary N) is 2. The zero-order valence-electron chi connectivity index (χ0n) is 18.2. The second-order valence-corrected chi connectivity index (χ2v) is 15.3. The van der Waals surface area contributed by atoms with E-state index in [0.717, 1.165) is 22.0 Å². The highest BCUT2D eigenvalue weighted by molar-refractivity contribution is 7.13. The van der Waals surface area contributed by atoms with Crippen LogP contribution in [0.25, 0.3) is 10.4 Å². The van der Waals surface area contributed by atoms with Crippen molar-refractivity contribution in [3.63, 3.8) is 0 Å². The number of thiophene rings is 1. The molecule has 1 aromatic heterocycles. The van der Waals surface area contributed by atoms with E-state index in [1.165, 1.54) is 0 Å². The summed E-state index contributed by atoms with van der Waals surface area (Å²) in [7, 11) is -1.22. The quantitative estimate of drug-likeness (QED) is 0.308. The highest BCUT2D eigenvalue weighted by Crippen LogP contribution is 2.30. The maximum absolute atomic E-state index is 12.7. The van der Waals surface area contributed by atoms with E-state index >= 15 is 0 Å². The van der Waals surface area contributed by atoms with Gasteiger partial charge in [0.05, 0.1) is 11.4 Å². The Morgan fingerprint density at radius 3 is 2.42 bits per heavy atom. The molecule has 0 unspecified atom stereocenters. The topological polar surface area (TPSA) is 84.2 Å². The summed E-state index contributed by atoms with van der Waals surface area (Å²) in [6.45, 7) is 7.24. The van der Waals surface area contributed by atoms with Crippen LogP contribution in [-0.2, 0) is 11.3 Å². The zero-order valence-corrected chi connectivity index (χ0v) is 20.0. The third-order valence-electron chi connectivity index (χ3n) is 4.92. The molecule has 3 aromatic rings. The Hall–Kier alpha value is -2.90. The van der Waals surface area contributed by atoms with Gasteiger partial charge in [0, 0.05) is 31.5 Å². The summed E-state index contributed by atoms with van der Waals surface area (Å²) < 4.78 is 0. The Kier molecular flexibility index (Phi) is 7.30. The van der Waals surface area contributed by atoms with Crippen LogP contribution in [0.15, 0.2) is 60.0 Å². The first-order chi connectivity index (χ1) is 14.7. The predicted octanol–water partition coefficient (Wildman–Crippen LogP) is 5.59. The largest absolute Gasteiger partial charge is 0.397 e. The molecule has 0 fully saturated rings. The van der Waals surface area contributed by atoms with E-state index in [9.17, 15) is 9.59 Å². The summed E-state index contributed by atoms with van der Waals surface area (Å²) in [5, 5.41) is 7.87. The minimum absolute atomic E-state index is 0.0744. The molecule has 162 valence electrons. The fraction of sp³-hybridized carbons (Fsp3) is 0.250. The number of benzene rings is 2. The van der Waals surface area contributed by atoms with Gasteiger partial charge in [-0.15, -0.1) is 11.3 Å². The molecular formula is C24H29N3O2SSi. The van der Waals surface area contributed by atoms with E-state index < -0.39 is 8.07 Å². The number of amides is 2. The lowest BCUT2D eigenvalue weighted by Crippen LogP contribution is -2.27. The van der Waals surface area contributed by atoms with Crippen molar-refractivity contribution in [2.45, 2.75) is 38.7 Å². The second-order valence-electron chi connectivity index (χ2n) is 8.77. The highest BCUT2D eigenvalue weighted by Gasteiger charge is 2.15. The Morgan fingerprint density at radius 1 is 1.03 bits per heavy atom. The Labute approximate surface area is 188 Å². The van der Waals surface area contributed by atoms with Crippen LogP contribution in [0.3, 0.4) is 0 Å². The molecule has 0 radical (unpaired) electrons. The molecule has 0 aliphatic carbocycles. The maximum Gasteiger partial charge on any atom is 0.255 e. The number of hydrogen-bond acceptors (Lipinski definition) is 4. The maximum atomic E-state index is 12.7. The number of anilines is 2. The third-order valence-corrected chi connectivity index (χ3v) is 7.58. The fourth-order valence-corrected chi connectivity index (χ4v) is 4.71. The number of nitrogens with two attached hydrogens (primary N) is 1. The molecule has 0 saturated carbocycles. The van der Waals surface area contributed by atoms with Gasteiger partial charge in [0.1, 0.15) is 0 Å². The Morgan fingerprint density at radius 2 is 1.77 bits per heavy atom. The minimum Gasteiger partial charge on any atom is -0.397 e. The standard InChI is InChI=1S/C24H29N3O2SSi/c1-31(2,3)14-12-23(28)26-16-17-6-8-18(9-7-17)24(29)27-21-15-19(10-11-20(21)25)22-5-4-13-30-22/h4-11,13,15H,12,14,16,25H2,1-3H3,(H,26,28)(H,27,29). The lowest BCUT2D eigenvalue weighted by atomic mass is 10.1. The van der Waals surface area contributed by atoms with E-state index in [1.54, 1.807) is 29.5 Å². The molecule has 5 nitrogen and oxygen atoms in total. The molecule has 0 saturated heterocycles. The van der Waals surface area contributed by atoms with E-state index in [4.69, 9.17) is 5.73 Å². The molecule has 31 heavy (non-hydrogen) atoms. The normalized spacial score (nSPS) is 11.2. The summed E-state index contributed by atoms with van der Waals surface area (Å²) in [5.74, 6) is -0.147. The van der Waals surface area contributed by atoms with Crippen molar-refractivity contribution in [3.8, 4) is 10.4 Å². The molecule has 0 aliphatic heterocycles. The van der Waals surface area contributed by atoms with Crippen LogP contribution in [0.1, 0.15) is 22.3 Å². The van der Waals surface area contributed by atoms with Crippen LogP contribution in [0, 0.1) is 0 Å². The van der Waals surface area contributed by atoms with Crippen molar-refractivity contribution in [1.82, 2.24) is 5.32 Å². The number of nitrogen functional groups attached to an aromatic ring is 1. The minimum atomic E-state index is -1.22. The van der Waals surface area contributed by atoms with Gasteiger partial charge < -0.3 is 16.4 Å². The Bertz CT molecular complexity index is 1040. The van der Waals surface area contributed by atoms with Gasteiger partial charge in [0.25, 0.3) is 5.91 Å². The van der Waals surface area contributed by atoms with Crippen molar-refractivity contribution < 1.29 is 9.59 Å². The van der Waals surface area contributed by atoms with E-state index in [0.29, 0.717) is 29.9 Å². The number of carbonyl (C=O) groups is 2. The predicted molar refractivity (Wildman–Crippen MR) is 133 cm³/mol. The Balaban J connectivity index is 1.58. The van der Waals surface area contributed by atoms with Gasteiger partial charge in [-0.3, -0.25) is 9.59 Å². The average Bonchev–Trinajstić information content (AvgIpc) is 3.27. The summed E-state index contributed by atoms with van der Waals surface area (Å²) in [4.78, 5) is 25.8. The molecule has 2 aromatic carbocycles. The van der Waals surface area contributed by atoms with Crippen molar-refractivity contribution in [1.29, 1.82) is 0 Å². The van der Waals surface area contributed by atoms with E-state index in [-0.39, 0.29) is 11.8 Å². The first-order valence-corrected chi connectivity index (χ1v) is 14.9. The van der Waals surface area contributed by atoms with Crippen LogP contribution in [0.2, 0.25) is 25.7 Å². The fourth-order valence-electron chi connectivity index (χ4n) is 3.01. The molecule has 4 N–H and O–H groups in total. The van der Waals surface area contributed by atoms with Gasteiger partial charge in [-0.1, -0.05) is 43.9 Å². The van der Waals surface area contributed by atoms with Gasteiger partial charge in [-0.25, -0.2) is 0 Å². The highest BCUT2D eigenvalue weighted by atomic mass is 32.1. The molecule has 2 amide bonds. The molecule has 0 spiro atoms. The van der Waals surface area contributed by atoms with Crippen LogP contribution in [0.4, 0.5) is 11.4 Å².